The van der Waals surface area contributed by atoms with E-state index in [1.165, 1.54) is 6.92 Å². The van der Waals surface area contributed by atoms with Crippen molar-refractivity contribution >= 4 is 50.7 Å². The molecule has 0 aliphatic carbocycles. The summed E-state index contributed by atoms with van der Waals surface area (Å²) in [5.74, 6) is -1.33. The van der Waals surface area contributed by atoms with Crippen molar-refractivity contribution in [1.29, 1.82) is 0 Å². The quantitative estimate of drug-likeness (QED) is 0.475. The highest BCUT2D eigenvalue weighted by molar-refractivity contribution is 7.92. The fraction of sp³-hybridized carbons (Fsp3) is 0.391. The van der Waals surface area contributed by atoms with Crippen molar-refractivity contribution in [3.8, 4) is 0 Å². The lowest BCUT2D eigenvalue weighted by Gasteiger charge is -2.32. The van der Waals surface area contributed by atoms with Crippen molar-refractivity contribution in [1.82, 2.24) is 10.2 Å². The average molecular weight is 568 g/mol. The van der Waals surface area contributed by atoms with Crippen LogP contribution in [0.15, 0.2) is 42.5 Å². The van der Waals surface area contributed by atoms with E-state index in [4.69, 9.17) is 23.2 Å². The molecule has 0 bridgehead atoms. The van der Waals surface area contributed by atoms with Crippen molar-refractivity contribution in [2.45, 2.75) is 45.6 Å². The third-order valence-corrected chi connectivity index (χ3v) is 6.74. The summed E-state index contributed by atoms with van der Waals surface area (Å²) in [6.07, 6.45) is -4.03. The number of alkyl halides is 3. The summed E-state index contributed by atoms with van der Waals surface area (Å²) >= 11 is 12.1. The Bertz CT molecular complexity index is 1220. The summed E-state index contributed by atoms with van der Waals surface area (Å²) in [6.45, 7) is 3.92. The van der Waals surface area contributed by atoms with Gasteiger partial charge in [0.2, 0.25) is 21.8 Å². The number of benzene rings is 2. The first kappa shape index (κ1) is 29.7. The van der Waals surface area contributed by atoms with Gasteiger partial charge in [0.15, 0.2) is 0 Å². The van der Waals surface area contributed by atoms with E-state index >= 15 is 0 Å². The van der Waals surface area contributed by atoms with Gasteiger partial charge in [0.05, 0.1) is 22.5 Å². The highest BCUT2D eigenvalue weighted by atomic mass is 35.5. The molecule has 0 spiro atoms. The fourth-order valence-corrected chi connectivity index (χ4v) is 4.63. The van der Waals surface area contributed by atoms with Crippen LogP contribution in [0.25, 0.3) is 0 Å². The smallest absolute Gasteiger partial charge is 0.352 e. The lowest BCUT2D eigenvalue weighted by Crippen LogP contribution is -2.52. The molecule has 13 heteroatoms. The van der Waals surface area contributed by atoms with Crippen LogP contribution in [0.2, 0.25) is 10.0 Å². The van der Waals surface area contributed by atoms with E-state index in [2.05, 4.69) is 5.32 Å². The molecule has 2 amide bonds. The van der Waals surface area contributed by atoms with Gasteiger partial charge in [-0.2, -0.15) is 13.2 Å². The number of rotatable bonds is 9. The molecular weight excluding hydrogens is 542 g/mol. The summed E-state index contributed by atoms with van der Waals surface area (Å²) in [6, 6.07) is 7.40. The van der Waals surface area contributed by atoms with E-state index in [0.717, 1.165) is 17.2 Å². The van der Waals surface area contributed by atoms with Crippen molar-refractivity contribution in [3.63, 3.8) is 0 Å². The highest BCUT2D eigenvalue weighted by Crippen LogP contribution is 2.36. The highest BCUT2D eigenvalue weighted by Gasteiger charge is 2.34. The molecule has 0 radical (unpaired) electrons. The predicted octanol–water partition coefficient (Wildman–Crippen LogP) is 4.72. The number of sulfonamides is 1. The Hall–Kier alpha value is -2.50. The van der Waals surface area contributed by atoms with Gasteiger partial charge in [-0.25, -0.2) is 8.42 Å². The minimum atomic E-state index is -4.77. The van der Waals surface area contributed by atoms with Crippen molar-refractivity contribution < 1.29 is 31.2 Å². The van der Waals surface area contributed by atoms with Crippen LogP contribution >= 0.6 is 23.2 Å². The lowest BCUT2D eigenvalue weighted by molar-refractivity contribution is -0.139. The Labute approximate surface area is 218 Å². The van der Waals surface area contributed by atoms with Crippen molar-refractivity contribution in [2.24, 2.45) is 0 Å². The fourth-order valence-electron chi connectivity index (χ4n) is 3.29. The summed E-state index contributed by atoms with van der Waals surface area (Å²) in [4.78, 5) is 27.3. The largest absolute Gasteiger partial charge is 0.416 e. The molecule has 0 heterocycles. The van der Waals surface area contributed by atoms with E-state index in [1.807, 2.05) is 0 Å². The average Bonchev–Trinajstić information content (AvgIpc) is 2.73. The zero-order valence-corrected chi connectivity index (χ0v) is 22.3. The number of anilines is 1. The molecule has 1 atom stereocenters. The maximum Gasteiger partial charge on any atom is 0.416 e. The molecule has 2 rings (SSSR count). The van der Waals surface area contributed by atoms with Crippen LogP contribution in [0.1, 0.15) is 31.9 Å². The molecule has 198 valence electrons. The number of nitrogens with zero attached hydrogens (tertiary/aromatic N) is 2. The molecule has 0 aromatic heterocycles. The Morgan fingerprint density at radius 1 is 1.06 bits per heavy atom. The molecule has 1 N–H and O–H groups in total. The molecule has 1 unspecified atom stereocenters. The van der Waals surface area contributed by atoms with Crippen LogP contribution in [0.3, 0.4) is 0 Å². The van der Waals surface area contributed by atoms with Crippen molar-refractivity contribution in [3.05, 3.63) is 63.6 Å². The van der Waals surface area contributed by atoms with Crippen molar-refractivity contribution in [2.75, 3.05) is 17.1 Å². The molecule has 0 saturated carbocycles. The first-order chi connectivity index (χ1) is 16.5. The lowest BCUT2D eigenvalue weighted by atomic mass is 10.1. The maximum absolute atomic E-state index is 13.4. The molecule has 0 aliphatic heterocycles. The van der Waals surface area contributed by atoms with Crippen LogP contribution in [0.5, 0.6) is 0 Å². The second kappa shape index (κ2) is 11.7. The van der Waals surface area contributed by atoms with Crippen LogP contribution < -0.4 is 9.62 Å². The Morgan fingerprint density at radius 2 is 1.69 bits per heavy atom. The van der Waals surface area contributed by atoms with Gasteiger partial charge in [-0.3, -0.25) is 13.9 Å². The second-order valence-corrected chi connectivity index (χ2v) is 11.2. The Morgan fingerprint density at radius 3 is 2.22 bits per heavy atom. The topological polar surface area (TPSA) is 86.8 Å². The number of halogens is 5. The van der Waals surface area contributed by atoms with Gasteiger partial charge in [0.25, 0.3) is 0 Å². The SMILES string of the molecule is CC(C)NC(=O)C(C)N(Cc1cccc(Cl)c1)C(=O)CN(c1cc(C(F)(F)F)ccc1Cl)S(C)(=O)=O. The summed E-state index contributed by atoms with van der Waals surface area (Å²) in [5, 5.41) is 2.77. The van der Waals surface area contributed by atoms with Crippen LogP contribution in [-0.2, 0) is 32.3 Å². The van der Waals surface area contributed by atoms with Gasteiger partial charge >= 0.3 is 6.18 Å². The molecule has 0 fully saturated rings. The summed E-state index contributed by atoms with van der Waals surface area (Å²) in [5.41, 5.74) is -1.09. The number of hydrogen-bond acceptors (Lipinski definition) is 4. The zero-order valence-electron chi connectivity index (χ0n) is 19.9. The Balaban J connectivity index is 2.50. The third kappa shape index (κ3) is 8.01. The maximum atomic E-state index is 13.4. The molecule has 7 nitrogen and oxygen atoms in total. The molecule has 2 aromatic rings. The molecule has 2 aromatic carbocycles. The number of hydrogen-bond donors (Lipinski definition) is 1. The van der Waals surface area contributed by atoms with E-state index in [0.29, 0.717) is 27.0 Å². The molecule has 36 heavy (non-hydrogen) atoms. The van der Waals surface area contributed by atoms with Crippen LogP contribution in [-0.4, -0.2) is 50.0 Å². The first-order valence-corrected chi connectivity index (χ1v) is 13.3. The predicted molar refractivity (Wildman–Crippen MR) is 133 cm³/mol. The minimum absolute atomic E-state index is 0.111. The summed E-state index contributed by atoms with van der Waals surface area (Å²) in [7, 11) is -4.26. The number of amides is 2. The van der Waals surface area contributed by atoms with E-state index in [9.17, 15) is 31.2 Å². The van der Waals surface area contributed by atoms with Gasteiger partial charge in [-0.05, 0) is 56.7 Å². The summed E-state index contributed by atoms with van der Waals surface area (Å²) < 4.78 is 65.5. The van der Waals surface area contributed by atoms with E-state index in [1.54, 1.807) is 38.1 Å². The van der Waals surface area contributed by atoms with Gasteiger partial charge < -0.3 is 10.2 Å². The third-order valence-electron chi connectivity index (χ3n) is 5.06. The minimum Gasteiger partial charge on any atom is -0.352 e. The zero-order chi connectivity index (χ0) is 27.4. The number of nitrogens with one attached hydrogen (secondary N) is 1. The van der Waals surface area contributed by atoms with Gasteiger partial charge in [0.1, 0.15) is 12.6 Å². The van der Waals surface area contributed by atoms with Crippen LogP contribution in [0.4, 0.5) is 18.9 Å². The van der Waals surface area contributed by atoms with Crippen LogP contribution in [0, 0.1) is 0 Å². The standard InChI is InChI=1S/C23H26Cl2F3N3O4S/c1-14(2)29-22(33)15(3)30(12-16-6-5-7-18(24)10-16)21(32)13-31(36(4,34)35)20-11-17(23(26,27)28)8-9-19(20)25/h5-11,14-15H,12-13H2,1-4H3,(H,29,33). The first-order valence-electron chi connectivity index (χ1n) is 10.7. The van der Waals surface area contributed by atoms with E-state index in [-0.39, 0.29) is 17.6 Å². The second-order valence-electron chi connectivity index (χ2n) is 8.42. The number of carbonyl (C=O) groups is 2. The van der Waals surface area contributed by atoms with Gasteiger partial charge in [-0.1, -0.05) is 35.3 Å². The molecule has 0 saturated heterocycles. The van der Waals surface area contributed by atoms with Gasteiger partial charge in [-0.15, -0.1) is 0 Å². The van der Waals surface area contributed by atoms with E-state index < -0.39 is 51.9 Å². The normalized spacial score (nSPS) is 12.8. The molecular formula is C23H26Cl2F3N3O4S. The number of carbonyl (C=O) groups excluding carboxylic acids is 2. The monoisotopic (exact) mass is 567 g/mol. The molecule has 0 aliphatic rings. The Kier molecular flexibility index (Phi) is 9.66. The van der Waals surface area contributed by atoms with Gasteiger partial charge in [0, 0.05) is 17.6 Å².